The maximum atomic E-state index is 15.2. The lowest BCUT2D eigenvalue weighted by Gasteiger charge is -2.25. The summed E-state index contributed by atoms with van der Waals surface area (Å²) in [6, 6.07) is 1.23. The number of aromatic amines is 1. The highest BCUT2D eigenvalue weighted by molar-refractivity contribution is 5.91. The van der Waals surface area contributed by atoms with Crippen LogP contribution in [0.3, 0.4) is 0 Å². The molecule has 1 unspecified atom stereocenters. The highest BCUT2D eigenvalue weighted by Crippen LogP contribution is 2.43. The summed E-state index contributed by atoms with van der Waals surface area (Å²) in [6.45, 7) is 10.2. The number of fused-ring (bicyclic) bond motifs is 1. The molecule has 0 spiro atoms. The third kappa shape index (κ3) is 3.67. The summed E-state index contributed by atoms with van der Waals surface area (Å²) < 4.78 is 22.4. The van der Waals surface area contributed by atoms with Crippen LogP contribution in [0, 0.1) is 18.3 Å². The normalized spacial score (nSPS) is 18.9. The Morgan fingerprint density at radius 1 is 1.37 bits per heavy atom. The number of anilines is 1. The third-order valence-corrected chi connectivity index (χ3v) is 5.99. The number of H-pyrrole nitrogens is 1. The van der Waals surface area contributed by atoms with Crippen LogP contribution in [0.4, 0.5) is 10.1 Å². The zero-order chi connectivity index (χ0) is 21.4. The summed E-state index contributed by atoms with van der Waals surface area (Å²) in [7, 11) is 3.44. The van der Waals surface area contributed by atoms with Crippen molar-refractivity contribution in [2.24, 2.45) is 5.92 Å². The first-order chi connectivity index (χ1) is 14.4. The van der Waals surface area contributed by atoms with Gasteiger partial charge in [0.25, 0.3) is 5.56 Å². The first kappa shape index (κ1) is 20.4. The molecule has 0 amide bonds. The zero-order valence-electron chi connectivity index (χ0n) is 17.3. The zero-order valence-corrected chi connectivity index (χ0v) is 17.3. The van der Waals surface area contributed by atoms with E-state index < -0.39 is 17.1 Å². The van der Waals surface area contributed by atoms with Crippen LogP contribution in [0.25, 0.3) is 15.7 Å². The molecule has 1 N–H and O–H groups in total. The van der Waals surface area contributed by atoms with Gasteiger partial charge < -0.3 is 14.5 Å². The van der Waals surface area contributed by atoms with Crippen molar-refractivity contribution in [3.8, 4) is 5.75 Å². The van der Waals surface area contributed by atoms with E-state index in [0.29, 0.717) is 43.3 Å². The highest BCUT2D eigenvalue weighted by atomic mass is 19.1. The first-order valence-electron chi connectivity index (χ1n) is 10.3. The number of hydrogen-bond acceptors (Lipinski definition) is 5. The second-order valence-corrected chi connectivity index (χ2v) is 8.24. The molecule has 2 heterocycles. The Bertz CT molecular complexity index is 1110. The van der Waals surface area contributed by atoms with Gasteiger partial charge in [0.15, 0.2) is 11.6 Å². The predicted molar refractivity (Wildman–Crippen MR) is 113 cm³/mol. The third-order valence-electron chi connectivity index (χ3n) is 5.99. The van der Waals surface area contributed by atoms with Gasteiger partial charge in [-0.15, -0.1) is 0 Å². The number of nitrogens with zero attached hydrogens (tertiary/aromatic N) is 4. The molecule has 30 heavy (non-hydrogen) atoms. The molecule has 4 rings (SSSR count). The fourth-order valence-corrected chi connectivity index (χ4v) is 4.45. The fraction of sp³-hybridized carbons (Fsp3) is 0.571. The van der Waals surface area contributed by atoms with Gasteiger partial charge in [0.2, 0.25) is 6.54 Å². The van der Waals surface area contributed by atoms with Crippen LogP contribution in [0.15, 0.2) is 15.7 Å². The minimum absolute atomic E-state index is 0.00601. The van der Waals surface area contributed by atoms with Crippen LogP contribution in [0.2, 0.25) is 0 Å². The lowest BCUT2D eigenvalue weighted by molar-refractivity contribution is 0.298. The summed E-state index contributed by atoms with van der Waals surface area (Å²) in [4.78, 5) is 34.7. The van der Waals surface area contributed by atoms with Gasteiger partial charge >= 0.3 is 5.69 Å². The van der Waals surface area contributed by atoms with Crippen molar-refractivity contribution >= 4 is 16.6 Å². The number of nitrogens with one attached hydrogen (secondary N) is 1. The van der Waals surface area contributed by atoms with E-state index in [-0.39, 0.29) is 17.2 Å². The number of likely N-dealkylation sites (N-methyl/N-ethyl adjacent to an activating group) is 1. The Balaban J connectivity index is 1.73. The topological polar surface area (TPSA) is 74.9 Å². The number of rotatable bonds is 7. The molecule has 2 aliphatic rings. The van der Waals surface area contributed by atoms with Gasteiger partial charge in [0.05, 0.1) is 19.0 Å². The molecule has 0 radical (unpaired) electrons. The predicted octanol–water partition coefficient (Wildman–Crippen LogP) is 1.85. The lowest BCUT2D eigenvalue weighted by atomic mass is 10.1. The summed E-state index contributed by atoms with van der Waals surface area (Å²) in [5.74, 6) is 0.0697. The van der Waals surface area contributed by atoms with Gasteiger partial charge in [-0.3, -0.25) is 19.2 Å². The van der Waals surface area contributed by atoms with Crippen molar-refractivity contribution < 1.29 is 9.13 Å². The number of halogens is 1. The molecule has 1 aromatic heterocycles. The summed E-state index contributed by atoms with van der Waals surface area (Å²) in [5.41, 5.74) is -0.388. The maximum absolute atomic E-state index is 15.2. The van der Waals surface area contributed by atoms with E-state index in [1.165, 1.54) is 13.2 Å². The standard InChI is InChI=1S/C21H26FN5O3/c1-23-7-9-25(2)11-13-6-8-26(12-13)18-16(22)10-15-17(19(18)30-3)27(14-4-5-14)21(29)24-20(15)28/h10,13-14H,4-9,11-12H2,2-3H3,(H,24,28,29). The van der Waals surface area contributed by atoms with E-state index in [4.69, 9.17) is 11.3 Å². The van der Waals surface area contributed by atoms with Gasteiger partial charge in [-0.25, -0.2) is 15.8 Å². The fourth-order valence-electron chi connectivity index (χ4n) is 4.45. The Hall–Kier alpha value is -2.86. The van der Waals surface area contributed by atoms with E-state index >= 15 is 4.39 Å². The number of aromatic nitrogens is 2. The minimum atomic E-state index is -0.601. The van der Waals surface area contributed by atoms with Gasteiger partial charge in [0, 0.05) is 25.7 Å². The molecule has 2 fully saturated rings. The molecule has 1 aromatic carbocycles. The van der Waals surface area contributed by atoms with Crippen LogP contribution in [-0.2, 0) is 0 Å². The monoisotopic (exact) mass is 415 g/mol. The maximum Gasteiger partial charge on any atom is 0.329 e. The quantitative estimate of drug-likeness (QED) is 0.699. The summed E-state index contributed by atoms with van der Waals surface area (Å²) in [6.07, 6.45) is 2.59. The number of methoxy groups -OCH3 is 1. The molecule has 1 aliphatic heterocycles. The van der Waals surface area contributed by atoms with Crippen molar-refractivity contribution in [1.82, 2.24) is 14.5 Å². The van der Waals surface area contributed by atoms with Crippen molar-refractivity contribution in [3.05, 3.63) is 44.1 Å². The van der Waals surface area contributed by atoms with Gasteiger partial charge in [-0.1, -0.05) is 0 Å². The second kappa shape index (κ2) is 8.11. The number of benzene rings is 1. The molecular weight excluding hydrogens is 389 g/mol. The van der Waals surface area contributed by atoms with Gasteiger partial charge in [-0.05, 0) is 38.3 Å². The van der Waals surface area contributed by atoms with Crippen LogP contribution >= 0.6 is 0 Å². The SMILES string of the molecule is [C-]#[N+]CCN(C)CC1CCN(c2c(F)cc3c(=O)[nH]c(=O)n(C4CC4)c3c2OC)C1. The van der Waals surface area contributed by atoms with Crippen molar-refractivity contribution in [2.45, 2.75) is 25.3 Å². The lowest BCUT2D eigenvalue weighted by Crippen LogP contribution is -2.32. The molecule has 1 saturated heterocycles. The van der Waals surface area contributed by atoms with E-state index in [0.717, 1.165) is 25.8 Å². The molecular formula is C21H26FN5O3. The Morgan fingerprint density at radius 2 is 2.13 bits per heavy atom. The molecule has 9 heteroatoms. The van der Waals surface area contributed by atoms with Gasteiger partial charge in [0.1, 0.15) is 11.2 Å². The van der Waals surface area contributed by atoms with Crippen molar-refractivity contribution in [3.63, 3.8) is 0 Å². The Labute approximate surface area is 173 Å². The van der Waals surface area contributed by atoms with E-state index in [2.05, 4.69) is 14.7 Å². The molecule has 160 valence electrons. The summed E-state index contributed by atoms with van der Waals surface area (Å²) >= 11 is 0. The minimum Gasteiger partial charge on any atom is -0.492 e. The van der Waals surface area contributed by atoms with Crippen molar-refractivity contribution in [1.29, 1.82) is 0 Å². The number of hydrogen-bond donors (Lipinski definition) is 1. The smallest absolute Gasteiger partial charge is 0.329 e. The van der Waals surface area contributed by atoms with Crippen molar-refractivity contribution in [2.75, 3.05) is 51.8 Å². The summed E-state index contributed by atoms with van der Waals surface area (Å²) in [5, 5.41) is 0.134. The van der Waals surface area contributed by atoms with E-state index in [9.17, 15) is 9.59 Å². The Morgan fingerprint density at radius 3 is 2.80 bits per heavy atom. The molecule has 1 saturated carbocycles. The largest absolute Gasteiger partial charge is 0.492 e. The van der Waals surface area contributed by atoms with Crippen LogP contribution in [0.1, 0.15) is 25.3 Å². The van der Waals surface area contributed by atoms with E-state index in [1.807, 2.05) is 11.9 Å². The van der Waals surface area contributed by atoms with Crippen LogP contribution in [0.5, 0.6) is 5.75 Å². The average molecular weight is 415 g/mol. The molecule has 2 aromatic rings. The Kier molecular flexibility index (Phi) is 5.52. The first-order valence-corrected chi connectivity index (χ1v) is 10.3. The van der Waals surface area contributed by atoms with Crippen LogP contribution in [-0.4, -0.2) is 61.3 Å². The molecule has 0 bridgehead atoms. The number of ether oxygens (including phenoxy) is 1. The second-order valence-electron chi connectivity index (χ2n) is 8.24. The molecule has 8 nitrogen and oxygen atoms in total. The van der Waals surface area contributed by atoms with Crippen LogP contribution < -0.4 is 20.9 Å². The average Bonchev–Trinajstić information content (AvgIpc) is 3.44. The molecule has 1 aliphatic carbocycles. The van der Waals surface area contributed by atoms with Gasteiger partial charge in [-0.2, -0.15) is 0 Å². The van der Waals surface area contributed by atoms with E-state index in [1.54, 1.807) is 4.57 Å². The molecule has 1 atom stereocenters. The highest BCUT2D eigenvalue weighted by Gasteiger charge is 2.33.